The lowest BCUT2D eigenvalue weighted by Crippen LogP contribution is -2.33. The summed E-state index contributed by atoms with van der Waals surface area (Å²) < 4.78 is 5.27. The van der Waals surface area contributed by atoms with E-state index in [-0.39, 0.29) is 0 Å². The number of hydrogen-bond donors (Lipinski definition) is 1. The first-order valence-corrected chi connectivity index (χ1v) is 5.73. The molecule has 3 unspecified atom stereocenters. The summed E-state index contributed by atoms with van der Waals surface area (Å²) >= 11 is 0. The van der Waals surface area contributed by atoms with Crippen LogP contribution in [-0.4, -0.2) is 20.2 Å². The van der Waals surface area contributed by atoms with Crippen molar-refractivity contribution in [2.24, 2.45) is 11.8 Å². The number of ether oxygens (including phenoxy) is 1. The van der Waals surface area contributed by atoms with Crippen molar-refractivity contribution in [3.8, 4) is 5.75 Å². The van der Waals surface area contributed by atoms with Crippen LogP contribution in [0, 0.1) is 11.8 Å². The van der Waals surface area contributed by atoms with E-state index in [1.165, 1.54) is 25.1 Å². The predicted molar refractivity (Wildman–Crippen MR) is 60.2 cm³/mol. The fourth-order valence-electron chi connectivity index (χ4n) is 3.04. The summed E-state index contributed by atoms with van der Waals surface area (Å²) in [7, 11) is 1.74. The van der Waals surface area contributed by atoms with E-state index >= 15 is 0 Å². The van der Waals surface area contributed by atoms with E-state index in [0.29, 0.717) is 0 Å². The van der Waals surface area contributed by atoms with Gasteiger partial charge in [-0.05, 0) is 55.0 Å². The van der Waals surface area contributed by atoms with E-state index in [1.54, 1.807) is 7.11 Å². The fourth-order valence-corrected chi connectivity index (χ4v) is 3.04. The highest BCUT2D eigenvalue weighted by molar-refractivity contribution is 5.33. The number of nitrogens with one attached hydrogen (secondary N) is 1. The average Bonchev–Trinajstić information content (AvgIpc) is 2.61. The molecular weight excluding hydrogens is 186 g/mol. The van der Waals surface area contributed by atoms with Gasteiger partial charge in [0.25, 0.3) is 0 Å². The molecule has 3 atom stereocenters. The molecule has 2 nitrogen and oxygen atoms in total. The second kappa shape index (κ2) is 3.53. The van der Waals surface area contributed by atoms with Crippen LogP contribution in [0.3, 0.4) is 0 Å². The van der Waals surface area contributed by atoms with Crippen LogP contribution in [0.25, 0.3) is 0 Å². The van der Waals surface area contributed by atoms with Gasteiger partial charge in [-0.15, -0.1) is 0 Å². The van der Waals surface area contributed by atoms with Gasteiger partial charge >= 0.3 is 0 Å². The van der Waals surface area contributed by atoms with Gasteiger partial charge in [0, 0.05) is 0 Å². The maximum absolute atomic E-state index is 5.27. The monoisotopic (exact) mass is 203 g/mol. The van der Waals surface area contributed by atoms with E-state index in [0.717, 1.165) is 23.5 Å². The predicted octanol–water partition coefficient (Wildman–Crippen LogP) is 2.02. The largest absolute Gasteiger partial charge is 0.497 e. The van der Waals surface area contributed by atoms with Crippen LogP contribution in [0.4, 0.5) is 0 Å². The lowest BCUT2D eigenvalue weighted by atomic mass is 9.64. The Hall–Kier alpha value is -1.02. The Labute approximate surface area is 90.6 Å². The molecule has 0 bridgehead atoms. The molecule has 1 aliphatic heterocycles. The maximum Gasteiger partial charge on any atom is 0.119 e. The van der Waals surface area contributed by atoms with Crippen molar-refractivity contribution in [2.75, 3.05) is 20.2 Å². The van der Waals surface area contributed by atoms with Crippen molar-refractivity contribution < 1.29 is 4.74 Å². The highest BCUT2D eigenvalue weighted by Crippen LogP contribution is 2.49. The minimum Gasteiger partial charge on any atom is -0.497 e. The summed E-state index contributed by atoms with van der Waals surface area (Å²) in [5.41, 5.74) is 1.46. The van der Waals surface area contributed by atoms with Gasteiger partial charge in [0.15, 0.2) is 0 Å². The molecule has 0 spiro atoms. The van der Waals surface area contributed by atoms with Crippen LogP contribution in [0.5, 0.6) is 5.75 Å². The van der Waals surface area contributed by atoms with Crippen LogP contribution in [0.1, 0.15) is 17.9 Å². The molecule has 1 aromatic carbocycles. The molecule has 2 aliphatic rings. The molecule has 1 saturated heterocycles. The van der Waals surface area contributed by atoms with Crippen molar-refractivity contribution >= 4 is 0 Å². The summed E-state index contributed by atoms with van der Waals surface area (Å²) in [4.78, 5) is 0. The number of fused-ring (bicyclic) bond motifs is 1. The Morgan fingerprint density at radius 3 is 3.07 bits per heavy atom. The minimum absolute atomic E-state index is 0.764. The van der Waals surface area contributed by atoms with Crippen molar-refractivity contribution in [3.63, 3.8) is 0 Å². The summed E-state index contributed by atoms with van der Waals surface area (Å²) in [6, 6.07) is 8.55. The van der Waals surface area contributed by atoms with Gasteiger partial charge in [0.05, 0.1) is 7.11 Å². The Balaban J connectivity index is 1.81. The first-order valence-electron chi connectivity index (χ1n) is 5.73. The number of rotatable bonds is 2. The third-order valence-electron chi connectivity index (χ3n) is 3.99. The normalized spacial score (nSPS) is 33.3. The molecule has 2 heteroatoms. The van der Waals surface area contributed by atoms with Crippen LogP contribution >= 0.6 is 0 Å². The highest BCUT2D eigenvalue weighted by atomic mass is 16.5. The van der Waals surface area contributed by atoms with Gasteiger partial charge < -0.3 is 10.1 Å². The van der Waals surface area contributed by atoms with Crippen molar-refractivity contribution in [1.29, 1.82) is 0 Å². The van der Waals surface area contributed by atoms with Gasteiger partial charge in [-0.1, -0.05) is 12.1 Å². The molecule has 15 heavy (non-hydrogen) atoms. The molecule has 80 valence electrons. The van der Waals surface area contributed by atoms with Crippen LogP contribution in [0.15, 0.2) is 24.3 Å². The van der Waals surface area contributed by atoms with E-state index in [9.17, 15) is 0 Å². The molecule has 1 N–H and O–H groups in total. The first-order chi connectivity index (χ1) is 7.38. The SMILES string of the molecule is COc1cccc(C2CC3CNCC32)c1. The molecule has 3 rings (SSSR count). The van der Waals surface area contributed by atoms with Gasteiger partial charge in [-0.3, -0.25) is 0 Å². The van der Waals surface area contributed by atoms with Gasteiger partial charge in [-0.25, -0.2) is 0 Å². The molecule has 1 heterocycles. The first kappa shape index (κ1) is 9.22. The van der Waals surface area contributed by atoms with Crippen LogP contribution < -0.4 is 10.1 Å². The molecule has 0 amide bonds. The van der Waals surface area contributed by atoms with E-state index in [2.05, 4.69) is 23.5 Å². The smallest absolute Gasteiger partial charge is 0.119 e. The third-order valence-corrected chi connectivity index (χ3v) is 3.99. The van der Waals surface area contributed by atoms with Crippen molar-refractivity contribution in [3.05, 3.63) is 29.8 Å². The number of benzene rings is 1. The van der Waals surface area contributed by atoms with Crippen LogP contribution in [-0.2, 0) is 0 Å². The minimum atomic E-state index is 0.764. The molecular formula is C13H17NO. The zero-order valence-corrected chi connectivity index (χ0v) is 9.07. The average molecular weight is 203 g/mol. The Bertz CT molecular complexity index is 363. The Morgan fingerprint density at radius 2 is 2.27 bits per heavy atom. The Morgan fingerprint density at radius 1 is 1.33 bits per heavy atom. The second-order valence-electron chi connectivity index (χ2n) is 4.70. The van der Waals surface area contributed by atoms with Crippen molar-refractivity contribution in [1.82, 2.24) is 5.32 Å². The summed E-state index contributed by atoms with van der Waals surface area (Å²) in [5, 5.41) is 3.48. The number of methoxy groups -OCH3 is 1. The summed E-state index contributed by atoms with van der Waals surface area (Å²) in [5.74, 6) is 3.56. The molecule has 1 aliphatic carbocycles. The van der Waals surface area contributed by atoms with Crippen LogP contribution in [0.2, 0.25) is 0 Å². The molecule has 0 radical (unpaired) electrons. The quantitative estimate of drug-likeness (QED) is 0.794. The van der Waals surface area contributed by atoms with E-state index in [1.807, 2.05) is 6.07 Å². The fraction of sp³-hybridized carbons (Fsp3) is 0.538. The maximum atomic E-state index is 5.27. The van der Waals surface area contributed by atoms with E-state index in [4.69, 9.17) is 4.74 Å². The molecule has 0 aromatic heterocycles. The van der Waals surface area contributed by atoms with Gasteiger partial charge in [0.2, 0.25) is 0 Å². The van der Waals surface area contributed by atoms with E-state index < -0.39 is 0 Å². The molecule has 1 aromatic rings. The third kappa shape index (κ3) is 1.44. The zero-order valence-electron chi connectivity index (χ0n) is 9.07. The van der Waals surface area contributed by atoms with Gasteiger partial charge in [-0.2, -0.15) is 0 Å². The zero-order chi connectivity index (χ0) is 10.3. The standard InChI is InChI=1S/C13H17NO/c1-15-11-4-2-3-9(5-11)12-6-10-7-14-8-13(10)12/h2-5,10,12-14H,6-8H2,1H3. The lowest BCUT2D eigenvalue weighted by molar-refractivity contribution is 0.190. The lowest BCUT2D eigenvalue weighted by Gasteiger charge is -2.40. The highest BCUT2D eigenvalue weighted by Gasteiger charge is 2.44. The van der Waals surface area contributed by atoms with Gasteiger partial charge in [0.1, 0.15) is 5.75 Å². The summed E-state index contributed by atoms with van der Waals surface area (Å²) in [6.07, 6.45) is 1.35. The van der Waals surface area contributed by atoms with Crippen molar-refractivity contribution in [2.45, 2.75) is 12.3 Å². The molecule has 1 saturated carbocycles. The number of hydrogen-bond acceptors (Lipinski definition) is 2. The Kier molecular flexibility index (Phi) is 2.17. The molecule has 2 fully saturated rings. The summed E-state index contributed by atoms with van der Waals surface area (Å²) in [6.45, 7) is 2.43. The second-order valence-corrected chi connectivity index (χ2v) is 4.70. The topological polar surface area (TPSA) is 21.3 Å².